The van der Waals surface area contributed by atoms with E-state index in [1.54, 1.807) is 0 Å². The molecule has 1 atom stereocenters. The monoisotopic (exact) mass is 271 g/mol. The summed E-state index contributed by atoms with van der Waals surface area (Å²) in [6.45, 7) is 8.31. The fourth-order valence-corrected chi connectivity index (χ4v) is 2.53. The van der Waals surface area contributed by atoms with Crippen LogP contribution in [0.5, 0.6) is 0 Å². The molecule has 1 N–H and O–H groups in total. The van der Waals surface area contributed by atoms with Crippen molar-refractivity contribution in [1.82, 2.24) is 14.9 Å². The largest absolute Gasteiger partial charge is 0.333 e. The van der Waals surface area contributed by atoms with Crippen LogP contribution in [0.25, 0.3) is 0 Å². The lowest BCUT2D eigenvalue weighted by Crippen LogP contribution is -2.25. The zero-order valence-corrected chi connectivity index (χ0v) is 12.8. The van der Waals surface area contributed by atoms with Crippen molar-refractivity contribution in [2.75, 3.05) is 6.54 Å². The van der Waals surface area contributed by atoms with Crippen LogP contribution < -0.4 is 5.32 Å². The highest BCUT2D eigenvalue weighted by molar-refractivity contribution is 5.25. The third-order valence-electron chi connectivity index (χ3n) is 3.67. The highest BCUT2D eigenvalue weighted by Gasteiger charge is 2.12. The molecule has 0 bridgehead atoms. The van der Waals surface area contributed by atoms with Crippen molar-refractivity contribution < 1.29 is 0 Å². The predicted molar refractivity (Wildman–Crippen MR) is 83.8 cm³/mol. The van der Waals surface area contributed by atoms with E-state index in [2.05, 4.69) is 53.0 Å². The number of aromatic nitrogens is 2. The first-order valence-electron chi connectivity index (χ1n) is 7.54. The number of rotatable bonds is 7. The highest BCUT2D eigenvalue weighted by Crippen LogP contribution is 2.17. The number of imidazole rings is 1. The van der Waals surface area contributed by atoms with Gasteiger partial charge in [-0.25, -0.2) is 4.98 Å². The normalized spacial score (nSPS) is 12.6. The summed E-state index contributed by atoms with van der Waals surface area (Å²) >= 11 is 0. The lowest BCUT2D eigenvalue weighted by molar-refractivity contribution is 0.469. The maximum atomic E-state index is 4.30. The molecule has 0 radical (unpaired) electrons. The molecule has 2 rings (SSSR count). The van der Waals surface area contributed by atoms with Gasteiger partial charge in [-0.3, -0.25) is 0 Å². The molecule has 0 spiro atoms. The second-order valence-corrected chi connectivity index (χ2v) is 5.23. The van der Waals surface area contributed by atoms with E-state index in [4.69, 9.17) is 0 Å². The van der Waals surface area contributed by atoms with Crippen LogP contribution in [0.3, 0.4) is 0 Å². The average Bonchev–Trinajstić information content (AvgIpc) is 2.85. The van der Waals surface area contributed by atoms with Gasteiger partial charge in [-0.05, 0) is 31.0 Å². The molecule has 2 aromatic rings. The van der Waals surface area contributed by atoms with E-state index >= 15 is 0 Å². The summed E-state index contributed by atoms with van der Waals surface area (Å²) in [6.07, 6.45) is 6.27. The standard InChI is InChI=1S/C17H25N3/c1-4-6-15-7-9-16(10-8-15)17(18-5-2)13-20-12-11-19-14(20)3/h7-12,17-18H,4-6,13H2,1-3H3. The molecule has 3 heteroatoms. The van der Waals surface area contributed by atoms with Gasteiger partial charge in [-0.2, -0.15) is 0 Å². The zero-order valence-electron chi connectivity index (χ0n) is 12.8. The summed E-state index contributed by atoms with van der Waals surface area (Å²) in [5, 5.41) is 3.57. The minimum atomic E-state index is 0.337. The van der Waals surface area contributed by atoms with Gasteiger partial charge < -0.3 is 9.88 Å². The van der Waals surface area contributed by atoms with Crippen molar-refractivity contribution in [2.24, 2.45) is 0 Å². The first kappa shape index (κ1) is 14.8. The van der Waals surface area contributed by atoms with Crippen LogP contribution in [0.15, 0.2) is 36.7 Å². The van der Waals surface area contributed by atoms with Gasteiger partial charge in [-0.15, -0.1) is 0 Å². The van der Waals surface area contributed by atoms with Gasteiger partial charge in [0.2, 0.25) is 0 Å². The lowest BCUT2D eigenvalue weighted by Gasteiger charge is -2.20. The molecule has 0 saturated carbocycles. The molecule has 1 heterocycles. The summed E-state index contributed by atoms with van der Waals surface area (Å²) in [6, 6.07) is 9.35. The molecular weight excluding hydrogens is 246 g/mol. The molecule has 20 heavy (non-hydrogen) atoms. The fraction of sp³-hybridized carbons (Fsp3) is 0.471. The maximum absolute atomic E-state index is 4.30. The van der Waals surface area contributed by atoms with Crippen LogP contribution >= 0.6 is 0 Å². The summed E-state index contributed by atoms with van der Waals surface area (Å²) < 4.78 is 2.20. The quantitative estimate of drug-likeness (QED) is 0.835. The first-order valence-corrected chi connectivity index (χ1v) is 7.54. The molecule has 0 amide bonds. The molecule has 3 nitrogen and oxygen atoms in total. The molecule has 0 aliphatic heterocycles. The van der Waals surface area contributed by atoms with Crippen LogP contribution in [0.2, 0.25) is 0 Å². The Hall–Kier alpha value is -1.61. The number of benzene rings is 1. The number of nitrogens with one attached hydrogen (secondary N) is 1. The van der Waals surface area contributed by atoms with E-state index < -0.39 is 0 Å². The number of hydrogen-bond donors (Lipinski definition) is 1. The predicted octanol–water partition coefficient (Wildman–Crippen LogP) is 3.49. The van der Waals surface area contributed by atoms with Crippen molar-refractivity contribution in [3.8, 4) is 0 Å². The van der Waals surface area contributed by atoms with Gasteiger partial charge in [0.05, 0.1) is 6.04 Å². The number of nitrogens with zero attached hydrogens (tertiary/aromatic N) is 2. The molecular formula is C17H25N3. The van der Waals surface area contributed by atoms with Crippen LogP contribution in [-0.4, -0.2) is 16.1 Å². The van der Waals surface area contributed by atoms with Crippen molar-refractivity contribution in [3.63, 3.8) is 0 Å². The van der Waals surface area contributed by atoms with Crippen LogP contribution in [0.1, 0.15) is 43.3 Å². The Labute approximate surface area is 122 Å². The number of likely N-dealkylation sites (N-methyl/N-ethyl adjacent to an activating group) is 1. The van der Waals surface area contributed by atoms with Crippen LogP contribution in [-0.2, 0) is 13.0 Å². The van der Waals surface area contributed by atoms with Crippen molar-refractivity contribution in [1.29, 1.82) is 0 Å². The molecule has 0 aliphatic carbocycles. The number of aryl methyl sites for hydroxylation is 2. The van der Waals surface area contributed by atoms with E-state index in [1.165, 1.54) is 17.5 Å². The van der Waals surface area contributed by atoms with E-state index in [0.29, 0.717) is 6.04 Å². The Kier molecular flexibility index (Phi) is 5.36. The molecule has 0 fully saturated rings. The molecule has 1 aromatic carbocycles. The van der Waals surface area contributed by atoms with Crippen molar-refractivity contribution in [2.45, 2.75) is 46.2 Å². The Bertz CT molecular complexity index is 513. The average molecular weight is 271 g/mol. The van der Waals surface area contributed by atoms with Crippen molar-refractivity contribution in [3.05, 3.63) is 53.6 Å². The Morgan fingerprint density at radius 3 is 2.50 bits per heavy atom. The van der Waals surface area contributed by atoms with Gasteiger partial charge >= 0.3 is 0 Å². The van der Waals surface area contributed by atoms with Gasteiger partial charge in [0.25, 0.3) is 0 Å². The smallest absolute Gasteiger partial charge is 0.105 e. The summed E-state index contributed by atoms with van der Waals surface area (Å²) in [7, 11) is 0. The molecule has 108 valence electrons. The lowest BCUT2D eigenvalue weighted by atomic mass is 10.0. The zero-order chi connectivity index (χ0) is 14.4. The first-order chi connectivity index (χ1) is 9.74. The second-order valence-electron chi connectivity index (χ2n) is 5.23. The molecule has 0 saturated heterocycles. The third-order valence-corrected chi connectivity index (χ3v) is 3.67. The fourth-order valence-electron chi connectivity index (χ4n) is 2.53. The highest BCUT2D eigenvalue weighted by atomic mass is 15.1. The van der Waals surface area contributed by atoms with Gasteiger partial charge in [0.15, 0.2) is 0 Å². The van der Waals surface area contributed by atoms with Crippen molar-refractivity contribution >= 4 is 0 Å². The second kappa shape index (κ2) is 7.25. The van der Waals surface area contributed by atoms with Gasteiger partial charge in [0, 0.05) is 18.9 Å². The summed E-state index contributed by atoms with van der Waals surface area (Å²) in [5.74, 6) is 1.07. The van der Waals surface area contributed by atoms with E-state index in [0.717, 1.165) is 25.3 Å². The summed E-state index contributed by atoms with van der Waals surface area (Å²) in [5.41, 5.74) is 2.77. The summed E-state index contributed by atoms with van der Waals surface area (Å²) in [4.78, 5) is 4.30. The molecule has 0 aliphatic rings. The van der Waals surface area contributed by atoms with Gasteiger partial charge in [0.1, 0.15) is 5.82 Å². The molecule has 1 unspecified atom stereocenters. The van der Waals surface area contributed by atoms with Crippen LogP contribution in [0.4, 0.5) is 0 Å². The van der Waals surface area contributed by atoms with Crippen LogP contribution in [0, 0.1) is 6.92 Å². The third kappa shape index (κ3) is 3.70. The van der Waals surface area contributed by atoms with Gasteiger partial charge in [-0.1, -0.05) is 44.5 Å². The van der Waals surface area contributed by atoms with E-state index in [9.17, 15) is 0 Å². The Morgan fingerprint density at radius 1 is 1.20 bits per heavy atom. The maximum Gasteiger partial charge on any atom is 0.105 e. The minimum Gasteiger partial charge on any atom is -0.333 e. The minimum absolute atomic E-state index is 0.337. The number of hydrogen-bond acceptors (Lipinski definition) is 2. The Balaban J connectivity index is 2.13. The molecule has 1 aromatic heterocycles. The van der Waals surface area contributed by atoms with E-state index in [-0.39, 0.29) is 0 Å². The van der Waals surface area contributed by atoms with E-state index in [1.807, 2.05) is 19.3 Å². The topological polar surface area (TPSA) is 29.9 Å². The Morgan fingerprint density at radius 2 is 1.95 bits per heavy atom. The SMILES string of the molecule is CCCc1ccc(C(Cn2ccnc2C)NCC)cc1.